The van der Waals surface area contributed by atoms with Crippen LogP contribution in [0.3, 0.4) is 0 Å². The van der Waals surface area contributed by atoms with Crippen molar-refractivity contribution < 1.29 is 27.9 Å². The number of hydrogen-bond donors (Lipinski definition) is 3. The Bertz CT molecular complexity index is 1770. The standard InChI is InChI=1S/C29H22F2N6O4/c1-17(38)34-21-4-2-3-19(14-21)23-11-12-37-27(23)28(32-16-33-37)41-25-10-9-22(15-24(25)31)35-29(40)36-26(39)13-18-5-7-20(30)8-6-18/h2-12,14-16H,13H2,1H3,(H,34,38)(H2,35,36,39,40). The van der Waals surface area contributed by atoms with E-state index in [9.17, 15) is 18.8 Å². The number of nitrogens with zero attached hydrogens (tertiary/aromatic N) is 3. The summed E-state index contributed by atoms with van der Waals surface area (Å²) in [6, 6.07) is 17.1. The zero-order valence-electron chi connectivity index (χ0n) is 21.5. The maximum Gasteiger partial charge on any atom is 0.325 e. The molecule has 0 fully saturated rings. The summed E-state index contributed by atoms with van der Waals surface area (Å²) >= 11 is 0. The molecule has 3 N–H and O–H groups in total. The highest BCUT2D eigenvalue weighted by Gasteiger charge is 2.17. The predicted octanol–water partition coefficient (Wildman–Crippen LogP) is 5.32. The third-order valence-electron chi connectivity index (χ3n) is 5.84. The number of halogens is 2. The Morgan fingerprint density at radius 2 is 1.71 bits per heavy atom. The molecule has 10 nitrogen and oxygen atoms in total. The van der Waals surface area contributed by atoms with E-state index in [-0.39, 0.29) is 29.6 Å². The van der Waals surface area contributed by atoms with E-state index in [2.05, 4.69) is 26.0 Å². The van der Waals surface area contributed by atoms with E-state index in [1.807, 2.05) is 6.07 Å². The maximum atomic E-state index is 15.0. The van der Waals surface area contributed by atoms with Crippen molar-refractivity contribution in [2.45, 2.75) is 13.3 Å². The molecule has 5 aromatic rings. The van der Waals surface area contributed by atoms with Crippen LogP contribution in [-0.4, -0.2) is 32.4 Å². The first kappa shape index (κ1) is 26.9. The smallest absolute Gasteiger partial charge is 0.325 e. The number of nitrogens with one attached hydrogen (secondary N) is 3. The van der Waals surface area contributed by atoms with Gasteiger partial charge in [-0.2, -0.15) is 10.1 Å². The van der Waals surface area contributed by atoms with Crippen LogP contribution in [0.1, 0.15) is 12.5 Å². The van der Waals surface area contributed by atoms with Crippen LogP contribution >= 0.6 is 0 Å². The van der Waals surface area contributed by atoms with Crippen molar-refractivity contribution in [2.75, 3.05) is 10.6 Å². The van der Waals surface area contributed by atoms with Crippen LogP contribution in [0.15, 0.2) is 85.3 Å². The van der Waals surface area contributed by atoms with Crippen molar-refractivity contribution in [3.8, 4) is 22.8 Å². The Hall–Kier alpha value is -5.65. The fourth-order valence-electron chi connectivity index (χ4n) is 4.09. The van der Waals surface area contributed by atoms with Gasteiger partial charge in [0.25, 0.3) is 0 Å². The molecule has 0 aliphatic carbocycles. The molecule has 0 atom stereocenters. The third-order valence-corrected chi connectivity index (χ3v) is 5.84. The van der Waals surface area contributed by atoms with Gasteiger partial charge in [0.05, 0.1) is 6.42 Å². The molecule has 0 radical (unpaired) electrons. The largest absolute Gasteiger partial charge is 0.434 e. The van der Waals surface area contributed by atoms with Gasteiger partial charge in [0.15, 0.2) is 11.6 Å². The highest BCUT2D eigenvalue weighted by atomic mass is 19.1. The average molecular weight is 557 g/mol. The highest BCUT2D eigenvalue weighted by Crippen LogP contribution is 2.34. The zero-order chi connectivity index (χ0) is 28.9. The third kappa shape index (κ3) is 6.50. The molecule has 0 spiro atoms. The summed E-state index contributed by atoms with van der Waals surface area (Å²) in [5, 5.41) is 11.4. The van der Waals surface area contributed by atoms with Gasteiger partial charge in [0.2, 0.25) is 17.7 Å². The molecule has 206 valence electrons. The molecule has 0 aliphatic heterocycles. The van der Waals surface area contributed by atoms with E-state index in [4.69, 9.17) is 4.74 Å². The molecule has 3 aromatic carbocycles. The Kier molecular flexibility index (Phi) is 7.63. The van der Waals surface area contributed by atoms with Crippen molar-refractivity contribution in [2.24, 2.45) is 0 Å². The number of carbonyl (C=O) groups is 3. The number of carbonyl (C=O) groups excluding carboxylic acids is 3. The number of benzene rings is 3. The normalized spacial score (nSPS) is 10.7. The van der Waals surface area contributed by atoms with Crippen LogP contribution in [0.2, 0.25) is 0 Å². The SMILES string of the molecule is CC(=O)Nc1cccc(-c2ccn3ncnc(Oc4ccc(NC(=O)NC(=O)Cc5ccc(F)cc5)cc4F)c23)c1. The van der Waals surface area contributed by atoms with Gasteiger partial charge < -0.3 is 15.4 Å². The minimum atomic E-state index is -0.859. The molecule has 2 aromatic heterocycles. The van der Waals surface area contributed by atoms with Gasteiger partial charge in [0.1, 0.15) is 17.7 Å². The van der Waals surface area contributed by atoms with Gasteiger partial charge in [-0.1, -0.05) is 24.3 Å². The van der Waals surface area contributed by atoms with Crippen molar-refractivity contribution in [3.63, 3.8) is 0 Å². The van der Waals surface area contributed by atoms with Crippen LogP contribution in [0, 0.1) is 11.6 Å². The van der Waals surface area contributed by atoms with Crippen LogP contribution in [0.25, 0.3) is 16.6 Å². The summed E-state index contributed by atoms with van der Waals surface area (Å²) in [7, 11) is 0. The fourth-order valence-corrected chi connectivity index (χ4v) is 4.09. The highest BCUT2D eigenvalue weighted by molar-refractivity contribution is 6.01. The van der Waals surface area contributed by atoms with Gasteiger partial charge in [-0.25, -0.2) is 18.1 Å². The minimum absolute atomic E-state index is 0.0768. The number of fused-ring (bicyclic) bond motifs is 1. The molecule has 0 saturated heterocycles. The van der Waals surface area contributed by atoms with Crippen molar-refractivity contribution >= 4 is 34.7 Å². The van der Waals surface area contributed by atoms with Crippen molar-refractivity contribution in [1.82, 2.24) is 19.9 Å². The van der Waals surface area contributed by atoms with Gasteiger partial charge in [-0.3, -0.25) is 14.9 Å². The quantitative estimate of drug-likeness (QED) is 0.249. The summed E-state index contributed by atoms with van der Waals surface area (Å²) < 4.78 is 35.4. The minimum Gasteiger partial charge on any atom is -0.434 e. The second-order valence-corrected chi connectivity index (χ2v) is 8.90. The molecular weight excluding hydrogens is 534 g/mol. The van der Waals surface area contributed by atoms with Gasteiger partial charge >= 0.3 is 6.03 Å². The first-order chi connectivity index (χ1) is 19.7. The van der Waals surface area contributed by atoms with Crippen LogP contribution in [-0.2, 0) is 16.0 Å². The van der Waals surface area contributed by atoms with Gasteiger partial charge in [-0.15, -0.1) is 0 Å². The molecule has 2 heterocycles. The predicted molar refractivity (Wildman–Crippen MR) is 146 cm³/mol. The Labute approximate surface area is 232 Å². The van der Waals surface area contributed by atoms with E-state index >= 15 is 4.39 Å². The summed E-state index contributed by atoms with van der Waals surface area (Å²) in [4.78, 5) is 40.0. The summed E-state index contributed by atoms with van der Waals surface area (Å²) in [5.74, 6) is -2.14. The summed E-state index contributed by atoms with van der Waals surface area (Å²) in [5.41, 5.74) is 3.10. The molecule has 5 rings (SSSR count). The lowest BCUT2D eigenvalue weighted by Gasteiger charge is -2.11. The molecule has 12 heteroatoms. The fraction of sp³-hybridized carbons (Fsp3) is 0.0690. The number of aromatic nitrogens is 3. The summed E-state index contributed by atoms with van der Waals surface area (Å²) in [6.07, 6.45) is 2.83. The molecule has 0 bridgehead atoms. The number of imide groups is 1. The number of urea groups is 1. The van der Waals surface area contributed by atoms with Crippen LogP contribution in [0.4, 0.5) is 25.0 Å². The number of ether oxygens (including phenoxy) is 1. The number of anilines is 2. The molecule has 0 saturated carbocycles. The Morgan fingerprint density at radius 3 is 2.46 bits per heavy atom. The molecule has 41 heavy (non-hydrogen) atoms. The van der Waals surface area contributed by atoms with Crippen molar-refractivity contribution in [1.29, 1.82) is 0 Å². The lowest BCUT2D eigenvalue weighted by Crippen LogP contribution is -2.35. The zero-order valence-corrected chi connectivity index (χ0v) is 21.5. The van der Waals surface area contributed by atoms with E-state index in [1.54, 1.807) is 30.5 Å². The molecule has 4 amide bonds. The lowest BCUT2D eigenvalue weighted by atomic mass is 10.1. The molecular formula is C29H22F2N6O4. The summed E-state index contributed by atoms with van der Waals surface area (Å²) in [6.45, 7) is 1.41. The van der Waals surface area contributed by atoms with E-state index < -0.39 is 23.6 Å². The Morgan fingerprint density at radius 1 is 0.927 bits per heavy atom. The molecule has 0 unspecified atom stereocenters. The van der Waals surface area contributed by atoms with Gasteiger partial charge in [-0.05, 0) is 53.6 Å². The number of rotatable bonds is 7. The molecule has 0 aliphatic rings. The number of amides is 4. The van der Waals surface area contributed by atoms with Crippen LogP contribution in [0.5, 0.6) is 11.6 Å². The second kappa shape index (κ2) is 11.6. The van der Waals surface area contributed by atoms with E-state index in [0.717, 1.165) is 11.6 Å². The van der Waals surface area contributed by atoms with E-state index in [0.29, 0.717) is 22.3 Å². The maximum absolute atomic E-state index is 15.0. The first-order valence-electron chi connectivity index (χ1n) is 12.3. The second-order valence-electron chi connectivity index (χ2n) is 8.90. The lowest BCUT2D eigenvalue weighted by molar-refractivity contribution is -0.119. The first-order valence-corrected chi connectivity index (χ1v) is 12.3. The van der Waals surface area contributed by atoms with Crippen LogP contribution < -0.4 is 20.7 Å². The monoisotopic (exact) mass is 556 g/mol. The average Bonchev–Trinajstić information content (AvgIpc) is 3.36. The topological polar surface area (TPSA) is 127 Å². The number of hydrogen-bond acceptors (Lipinski definition) is 6. The van der Waals surface area contributed by atoms with Crippen molar-refractivity contribution in [3.05, 3.63) is 103 Å². The van der Waals surface area contributed by atoms with Gasteiger partial charge in [0, 0.05) is 36.1 Å². The Balaban J connectivity index is 1.30. The van der Waals surface area contributed by atoms with E-state index in [1.165, 1.54) is 54.2 Å².